The number of hydrogen-bond acceptors (Lipinski definition) is 7. The first-order valence-electron chi connectivity index (χ1n) is 8.74. The molecule has 9 heteroatoms. The Hall–Kier alpha value is -3.62. The molecular formula is C20H22N2O7. The van der Waals surface area contributed by atoms with Crippen molar-refractivity contribution in [2.75, 3.05) is 20.8 Å². The average Bonchev–Trinajstić information content (AvgIpc) is 2.99. The van der Waals surface area contributed by atoms with Gasteiger partial charge in [0.15, 0.2) is 17.3 Å². The Balaban J connectivity index is 2.44. The van der Waals surface area contributed by atoms with Crippen LogP contribution >= 0.6 is 0 Å². The Morgan fingerprint density at radius 2 is 1.79 bits per heavy atom. The summed E-state index contributed by atoms with van der Waals surface area (Å²) in [6.45, 7) is 5.20. The van der Waals surface area contributed by atoms with Crippen molar-refractivity contribution < 1.29 is 28.7 Å². The minimum Gasteiger partial charge on any atom is -0.493 e. The predicted molar refractivity (Wildman–Crippen MR) is 106 cm³/mol. The number of carbonyl (C=O) groups is 2. The SMILES string of the molecule is CCOC(=O)c1[nH]c(C)c(C(=O)C=Cc2cc(OC)c(OC)cc2[N+](=O)[O-])c1C. The van der Waals surface area contributed by atoms with E-state index in [0.717, 1.165) is 0 Å². The van der Waals surface area contributed by atoms with Crippen molar-refractivity contribution in [2.24, 2.45) is 0 Å². The molecule has 0 saturated carbocycles. The van der Waals surface area contributed by atoms with E-state index in [1.807, 2.05) is 0 Å². The van der Waals surface area contributed by atoms with Crippen molar-refractivity contribution in [1.29, 1.82) is 0 Å². The standard InChI is InChI=1S/C20H22N2O7/c1-6-29-20(24)19-11(2)18(12(3)21-19)15(23)8-7-13-9-16(27-4)17(28-5)10-14(13)22(25)26/h7-10,21H,6H2,1-5H3. The van der Waals surface area contributed by atoms with E-state index < -0.39 is 16.7 Å². The van der Waals surface area contributed by atoms with E-state index in [4.69, 9.17) is 14.2 Å². The van der Waals surface area contributed by atoms with Crippen LogP contribution in [0.25, 0.3) is 6.08 Å². The predicted octanol–water partition coefficient (Wildman–Crippen LogP) is 3.63. The lowest BCUT2D eigenvalue weighted by atomic mass is 10.0. The summed E-state index contributed by atoms with van der Waals surface area (Å²) < 4.78 is 15.2. The zero-order valence-corrected chi connectivity index (χ0v) is 16.8. The van der Waals surface area contributed by atoms with Crippen LogP contribution in [0.4, 0.5) is 5.69 Å². The molecule has 0 fully saturated rings. The van der Waals surface area contributed by atoms with Crippen LogP contribution in [0.15, 0.2) is 18.2 Å². The quantitative estimate of drug-likeness (QED) is 0.235. The summed E-state index contributed by atoms with van der Waals surface area (Å²) in [5, 5.41) is 11.4. The van der Waals surface area contributed by atoms with Gasteiger partial charge in [0, 0.05) is 11.3 Å². The zero-order valence-electron chi connectivity index (χ0n) is 16.8. The third-order valence-corrected chi connectivity index (χ3v) is 4.31. The molecule has 0 amide bonds. The Morgan fingerprint density at radius 3 is 2.34 bits per heavy atom. The molecule has 1 aromatic carbocycles. The van der Waals surface area contributed by atoms with Crippen LogP contribution in [0.5, 0.6) is 11.5 Å². The first kappa shape index (κ1) is 21.7. The second kappa shape index (κ2) is 9.05. The Morgan fingerprint density at radius 1 is 1.17 bits per heavy atom. The van der Waals surface area contributed by atoms with Gasteiger partial charge in [-0.05, 0) is 44.6 Å². The summed E-state index contributed by atoms with van der Waals surface area (Å²) in [5.41, 5.74) is 1.42. The molecule has 0 aliphatic rings. The van der Waals surface area contributed by atoms with Gasteiger partial charge in [0.05, 0.1) is 37.4 Å². The van der Waals surface area contributed by atoms with Gasteiger partial charge in [-0.25, -0.2) is 4.79 Å². The molecule has 1 heterocycles. The molecule has 0 bridgehead atoms. The number of aromatic nitrogens is 1. The van der Waals surface area contributed by atoms with Crippen LogP contribution in [0, 0.1) is 24.0 Å². The number of aryl methyl sites for hydroxylation is 1. The normalized spacial score (nSPS) is 10.8. The Bertz CT molecular complexity index is 989. The third kappa shape index (κ3) is 4.45. The Kier molecular flexibility index (Phi) is 6.76. The van der Waals surface area contributed by atoms with Crippen LogP contribution < -0.4 is 9.47 Å². The molecule has 0 spiro atoms. The van der Waals surface area contributed by atoms with Crippen molar-refractivity contribution in [3.63, 3.8) is 0 Å². The van der Waals surface area contributed by atoms with Gasteiger partial charge in [0.2, 0.25) is 0 Å². The van der Waals surface area contributed by atoms with E-state index in [1.165, 1.54) is 38.5 Å². The fraction of sp³-hybridized carbons (Fsp3) is 0.300. The van der Waals surface area contributed by atoms with Crippen molar-refractivity contribution in [1.82, 2.24) is 4.98 Å². The summed E-state index contributed by atoms with van der Waals surface area (Å²) in [6.07, 6.45) is 2.55. The molecular weight excluding hydrogens is 380 g/mol. The molecule has 9 nitrogen and oxygen atoms in total. The van der Waals surface area contributed by atoms with Gasteiger partial charge in [0.1, 0.15) is 5.69 Å². The number of aromatic amines is 1. The maximum atomic E-state index is 12.7. The number of rotatable bonds is 8. The maximum Gasteiger partial charge on any atom is 0.355 e. The summed E-state index contributed by atoms with van der Waals surface area (Å²) in [4.78, 5) is 38.4. The van der Waals surface area contributed by atoms with Crippen molar-refractivity contribution in [3.05, 3.63) is 56.4 Å². The molecule has 154 valence electrons. The van der Waals surface area contributed by atoms with Crippen LogP contribution in [-0.2, 0) is 4.74 Å². The average molecular weight is 402 g/mol. The molecule has 0 aliphatic heterocycles. The highest BCUT2D eigenvalue weighted by molar-refractivity contribution is 6.10. The molecule has 2 rings (SSSR count). The highest BCUT2D eigenvalue weighted by Crippen LogP contribution is 2.35. The number of allylic oxidation sites excluding steroid dienone is 1. The number of ether oxygens (including phenoxy) is 3. The number of nitrogens with one attached hydrogen (secondary N) is 1. The Labute approximate surface area is 167 Å². The van der Waals surface area contributed by atoms with Crippen LogP contribution in [0.2, 0.25) is 0 Å². The van der Waals surface area contributed by atoms with Crippen molar-refractivity contribution in [3.8, 4) is 11.5 Å². The van der Waals surface area contributed by atoms with E-state index >= 15 is 0 Å². The lowest BCUT2D eigenvalue weighted by Gasteiger charge is -2.08. The van der Waals surface area contributed by atoms with Crippen LogP contribution in [0.3, 0.4) is 0 Å². The number of nitrogens with zero attached hydrogens (tertiary/aromatic N) is 1. The smallest absolute Gasteiger partial charge is 0.355 e. The number of carbonyl (C=O) groups excluding carboxylic acids is 2. The molecule has 0 unspecified atom stereocenters. The minimum atomic E-state index is -0.572. The van der Waals surface area contributed by atoms with Crippen molar-refractivity contribution >= 4 is 23.5 Å². The van der Waals surface area contributed by atoms with Gasteiger partial charge in [0.25, 0.3) is 5.69 Å². The molecule has 0 atom stereocenters. The molecule has 0 saturated heterocycles. The topological polar surface area (TPSA) is 121 Å². The van der Waals surface area contributed by atoms with Gasteiger partial charge >= 0.3 is 5.97 Å². The monoisotopic (exact) mass is 402 g/mol. The van der Waals surface area contributed by atoms with E-state index in [0.29, 0.717) is 22.6 Å². The third-order valence-electron chi connectivity index (χ3n) is 4.31. The first-order chi connectivity index (χ1) is 13.7. The number of nitro benzene ring substituents is 1. The second-order valence-corrected chi connectivity index (χ2v) is 6.07. The number of hydrogen-bond donors (Lipinski definition) is 1. The van der Waals surface area contributed by atoms with Gasteiger partial charge in [-0.1, -0.05) is 0 Å². The maximum absolute atomic E-state index is 12.7. The lowest BCUT2D eigenvalue weighted by Crippen LogP contribution is -2.07. The van der Waals surface area contributed by atoms with Gasteiger partial charge < -0.3 is 19.2 Å². The molecule has 1 aromatic heterocycles. The molecule has 29 heavy (non-hydrogen) atoms. The largest absolute Gasteiger partial charge is 0.493 e. The molecule has 0 radical (unpaired) electrons. The number of benzene rings is 1. The van der Waals surface area contributed by atoms with Crippen LogP contribution in [0.1, 0.15) is 44.6 Å². The number of nitro groups is 1. The number of H-pyrrole nitrogens is 1. The first-order valence-corrected chi connectivity index (χ1v) is 8.74. The summed E-state index contributed by atoms with van der Waals surface area (Å²) in [7, 11) is 2.78. The van der Waals surface area contributed by atoms with E-state index in [2.05, 4.69) is 4.98 Å². The van der Waals surface area contributed by atoms with E-state index in [-0.39, 0.29) is 29.3 Å². The number of ketones is 1. The molecule has 1 N–H and O–H groups in total. The van der Waals surface area contributed by atoms with E-state index in [9.17, 15) is 19.7 Å². The fourth-order valence-corrected chi connectivity index (χ4v) is 2.95. The summed E-state index contributed by atoms with van der Waals surface area (Å²) >= 11 is 0. The number of esters is 1. The lowest BCUT2D eigenvalue weighted by molar-refractivity contribution is -0.385. The highest BCUT2D eigenvalue weighted by atomic mass is 16.6. The fourth-order valence-electron chi connectivity index (χ4n) is 2.95. The second-order valence-electron chi connectivity index (χ2n) is 6.07. The highest BCUT2D eigenvalue weighted by Gasteiger charge is 2.22. The minimum absolute atomic E-state index is 0.178. The summed E-state index contributed by atoms with van der Waals surface area (Å²) in [6, 6.07) is 2.65. The summed E-state index contributed by atoms with van der Waals surface area (Å²) in [5.74, 6) is -0.453. The van der Waals surface area contributed by atoms with Gasteiger partial charge in [-0.15, -0.1) is 0 Å². The van der Waals surface area contributed by atoms with Crippen LogP contribution in [-0.4, -0.2) is 42.5 Å². The number of methoxy groups -OCH3 is 2. The van der Waals surface area contributed by atoms with Gasteiger partial charge in [-0.3, -0.25) is 14.9 Å². The zero-order chi connectivity index (χ0) is 21.7. The van der Waals surface area contributed by atoms with Crippen molar-refractivity contribution in [2.45, 2.75) is 20.8 Å². The van der Waals surface area contributed by atoms with E-state index in [1.54, 1.807) is 20.8 Å². The molecule has 2 aromatic rings. The molecule has 0 aliphatic carbocycles. The van der Waals surface area contributed by atoms with Gasteiger partial charge in [-0.2, -0.15) is 0 Å².